The highest BCUT2D eigenvalue weighted by Gasteiger charge is 2.15. The molecule has 0 N–H and O–H groups in total. The second kappa shape index (κ2) is 5.27. The van der Waals surface area contributed by atoms with Crippen molar-refractivity contribution in [2.75, 3.05) is 7.11 Å². The van der Waals surface area contributed by atoms with Crippen molar-refractivity contribution in [3.05, 3.63) is 38.2 Å². The summed E-state index contributed by atoms with van der Waals surface area (Å²) < 4.78 is 8.44. The molecule has 0 radical (unpaired) electrons. The third kappa shape index (κ3) is 2.27. The standard InChI is InChI=1S/C12H7Br2N3O2S/c1-19-12(18)6-2-3-9-15-16-11(17(9)5-6)8-4-7(13)10(14)20-8/h2-5H,1H3. The summed E-state index contributed by atoms with van der Waals surface area (Å²) in [5, 5.41) is 8.27. The van der Waals surface area contributed by atoms with Gasteiger partial charge in [-0.2, -0.15) is 0 Å². The SMILES string of the molecule is COC(=O)c1ccc2nnc(-c3cc(Br)c(Br)s3)n2c1. The molecule has 20 heavy (non-hydrogen) atoms. The van der Waals surface area contributed by atoms with Gasteiger partial charge < -0.3 is 4.74 Å². The van der Waals surface area contributed by atoms with E-state index in [0.29, 0.717) is 17.0 Å². The van der Waals surface area contributed by atoms with E-state index >= 15 is 0 Å². The zero-order valence-electron chi connectivity index (χ0n) is 10.1. The average molecular weight is 417 g/mol. The second-order valence-electron chi connectivity index (χ2n) is 3.89. The number of pyridine rings is 1. The van der Waals surface area contributed by atoms with Crippen LogP contribution < -0.4 is 0 Å². The number of rotatable bonds is 2. The Morgan fingerprint density at radius 3 is 2.80 bits per heavy atom. The summed E-state index contributed by atoms with van der Waals surface area (Å²) >= 11 is 8.44. The number of hydrogen-bond donors (Lipinski definition) is 0. The number of fused-ring (bicyclic) bond motifs is 1. The zero-order valence-corrected chi connectivity index (χ0v) is 14.1. The van der Waals surface area contributed by atoms with E-state index in [1.807, 2.05) is 6.07 Å². The molecule has 0 aromatic carbocycles. The molecule has 3 aromatic rings. The molecule has 0 atom stereocenters. The first kappa shape index (κ1) is 13.7. The van der Waals surface area contributed by atoms with Crippen LogP contribution in [0.3, 0.4) is 0 Å². The molecule has 0 bridgehead atoms. The van der Waals surface area contributed by atoms with Gasteiger partial charge in [-0.1, -0.05) is 0 Å². The lowest BCUT2D eigenvalue weighted by Crippen LogP contribution is -2.03. The largest absolute Gasteiger partial charge is 0.465 e. The molecule has 0 saturated carbocycles. The summed E-state index contributed by atoms with van der Waals surface area (Å²) in [4.78, 5) is 12.5. The molecule has 0 unspecified atom stereocenters. The van der Waals surface area contributed by atoms with Crippen LogP contribution in [-0.4, -0.2) is 27.7 Å². The minimum atomic E-state index is -0.389. The van der Waals surface area contributed by atoms with Gasteiger partial charge in [0.2, 0.25) is 0 Å². The van der Waals surface area contributed by atoms with Gasteiger partial charge in [0.05, 0.1) is 21.3 Å². The van der Waals surface area contributed by atoms with Crippen molar-refractivity contribution < 1.29 is 9.53 Å². The number of methoxy groups -OCH3 is 1. The minimum Gasteiger partial charge on any atom is -0.465 e. The van der Waals surface area contributed by atoms with Crippen LogP contribution >= 0.6 is 43.2 Å². The third-order valence-electron chi connectivity index (χ3n) is 2.69. The van der Waals surface area contributed by atoms with Crippen LogP contribution in [0, 0.1) is 0 Å². The van der Waals surface area contributed by atoms with E-state index in [9.17, 15) is 4.79 Å². The number of aromatic nitrogens is 3. The number of hydrogen-bond acceptors (Lipinski definition) is 5. The Balaban J connectivity index is 2.18. The predicted octanol–water partition coefficient (Wildman–Crippen LogP) is 3.77. The maximum Gasteiger partial charge on any atom is 0.339 e. The van der Waals surface area contributed by atoms with Crippen molar-refractivity contribution in [2.24, 2.45) is 0 Å². The Morgan fingerprint density at radius 1 is 1.35 bits per heavy atom. The average Bonchev–Trinajstić information content (AvgIpc) is 3.01. The van der Waals surface area contributed by atoms with E-state index < -0.39 is 0 Å². The second-order valence-corrected chi connectivity index (χ2v) is 7.12. The number of esters is 1. The van der Waals surface area contributed by atoms with E-state index in [2.05, 4.69) is 42.1 Å². The molecule has 0 amide bonds. The van der Waals surface area contributed by atoms with Crippen LogP contribution in [0.2, 0.25) is 0 Å². The summed E-state index contributed by atoms with van der Waals surface area (Å²) in [7, 11) is 1.35. The van der Waals surface area contributed by atoms with Gasteiger partial charge in [0, 0.05) is 10.7 Å². The van der Waals surface area contributed by atoms with E-state index in [1.54, 1.807) is 22.7 Å². The molecular weight excluding hydrogens is 410 g/mol. The molecule has 8 heteroatoms. The van der Waals surface area contributed by atoms with Crippen LogP contribution in [0.1, 0.15) is 10.4 Å². The van der Waals surface area contributed by atoms with Crippen LogP contribution in [0.25, 0.3) is 16.3 Å². The summed E-state index contributed by atoms with van der Waals surface area (Å²) in [6.07, 6.45) is 1.68. The molecule has 3 rings (SSSR count). The molecule has 102 valence electrons. The molecule has 0 saturated heterocycles. The highest BCUT2D eigenvalue weighted by molar-refractivity contribution is 9.13. The first-order valence-corrected chi connectivity index (χ1v) is 7.88. The first-order valence-electron chi connectivity index (χ1n) is 5.48. The smallest absolute Gasteiger partial charge is 0.339 e. The van der Waals surface area contributed by atoms with Crippen molar-refractivity contribution in [2.45, 2.75) is 0 Å². The third-order valence-corrected chi connectivity index (χ3v) is 5.94. The van der Waals surface area contributed by atoms with Gasteiger partial charge in [-0.05, 0) is 50.1 Å². The fourth-order valence-electron chi connectivity index (χ4n) is 1.75. The number of thiophene rings is 1. The molecule has 0 aliphatic rings. The molecule has 5 nitrogen and oxygen atoms in total. The van der Waals surface area contributed by atoms with E-state index in [0.717, 1.165) is 13.1 Å². The van der Waals surface area contributed by atoms with Gasteiger partial charge >= 0.3 is 5.97 Å². The summed E-state index contributed by atoms with van der Waals surface area (Å²) in [5.74, 6) is 0.294. The molecule has 0 fully saturated rings. The lowest BCUT2D eigenvalue weighted by Gasteiger charge is -2.01. The first-order chi connectivity index (χ1) is 9.60. The lowest BCUT2D eigenvalue weighted by atomic mass is 10.3. The normalized spacial score (nSPS) is 10.9. The minimum absolute atomic E-state index is 0.389. The van der Waals surface area contributed by atoms with Gasteiger partial charge in [-0.25, -0.2) is 4.79 Å². The van der Waals surface area contributed by atoms with Crippen LogP contribution in [0.15, 0.2) is 32.7 Å². The van der Waals surface area contributed by atoms with Crippen molar-refractivity contribution in [1.82, 2.24) is 14.6 Å². The van der Waals surface area contributed by atoms with E-state index in [-0.39, 0.29) is 5.97 Å². The van der Waals surface area contributed by atoms with Gasteiger partial charge in [0.25, 0.3) is 0 Å². The molecule has 0 aliphatic heterocycles. The Labute approximate surface area is 134 Å². The van der Waals surface area contributed by atoms with Crippen LogP contribution in [0.4, 0.5) is 0 Å². The van der Waals surface area contributed by atoms with Gasteiger partial charge in [0.1, 0.15) is 0 Å². The van der Waals surface area contributed by atoms with Crippen molar-refractivity contribution in [3.8, 4) is 10.7 Å². The lowest BCUT2D eigenvalue weighted by molar-refractivity contribution is 0.0600. The Hall–Kier alpha value is -1.25. The highest BCUT2D eigenvalue weighted by atomic mass is 79.9. The Bertz CT molecular complexity index is 793. The van der Waals surface area contributed by atoms with E-state index in [1.165, 1.54) is 18.4 Å². The molecule has 0 spiro atoms. The number of carbonyl (C=O) groups excluding carboxylic acids is 1. The Kier molecular flexibility index (Phi) is 3.61. The number of nitrogens with zero attached hydrogens (tertiary/aromatic N) is 3. The topological polar surface area (TPSA) is 56.5 Å². The fourth-order valence-corrected chi connectivity index (χ4v) is 3.77. The number of halogens is 2. The quantitative estimate of drug-likeness (QED) is 0.596. The van der Waals surface area contributed by atoms with Crippen molar-refractivity contribution >= 4 is 54.8 Å². The number of ether oxygens (including phenoxy) is 1. The molecular formula is C12H7Br2N3O2S. The summed E-state index contributed by atoms with van der Waals surface area (Å²) in [6, 6.07) is 5.36. The van der Waals surface area contributed by atoms with Crippen molar-refractivity contribution in [3.63, 3.8) is 0 Å². The molecule has 3 aromatic heterocycles. The van der Waals surface area contributed by atoms with Crippen LogP contribution in [-0.2, 0) is 4.74 Å². The molecule has 3 heterocycles. The predicted molar refractivity (Wildman–Crippen MR) is 83.0 cm³/mol. The maximum absolute atomic E-state index is 11.6. The Morgan fingerprint density at radius 2 is 2.15 bits per heavy atom. The van der Waals surface area contributed by atoms with E-state index in [4.69, 9.17) is 4.74 Å². The summed E-state index contributed by atoms with van der Waals surface area (Å²) in [5.41, 5.74) is 1.13. The number of carbonyl (C=O) groups is 1. The summed E-state index contributed by atoms with van der Waals surface area (Å²) in [6.45, 7) is 0. The van der Waals surface area contributed by atoms with Gasteiger partial charge in [0.15, 0.2) is 11.5 Å². The maximum atomic E-state index is 11.6. The highest BCUT2D eigenvalue weighted by Crippen LogP contribution is 2.37. The van der Waals surface area contributed by atoms with Gasteiger partial charge in [-0.15, -0.1) is 21.5 Å². The van der Waals surface area contributed by atoms with Gasteiger partial charge in [-0.3, -0.25) is 4.40 Å². The molecule has 0 aliphatic carbocycles. The fraction of sp³-hybridized carbons (Fsp3) is 0.0833. The zero-order chi connectivity index (χ0) is 14.3. The van der Waals surface area contributed by atoms with Crippen molar-refractivity contribution in [1.29, 1.82) is 0 Å². The monoisotopic (exact) mass is 415 g/mol. The van der Waals surface area contributed by atoms with Crippen LogP contribution in [0.5, 0.6) is 0 Å².